The summed E-state index contributed by atoms with van der Waals surface area (Å²) >= 11 is 0. The van der Waals surface area contributed by atoms with Crippen LogP contribution in [0.5, 0.6) is 5.75 Å². The lowest BCUT2D eigenvalue weighted by molar-refractivity contribution is 0.281. The van der Waals surface area contributed by atoms with Gasteiger partial charge in [-0.1, -0.05) is 39.0 Å². The third kappa shape index (κ3) is 13.4. The summed E-state index contributed by atoms with van der Waals surface area (Å²) in [7, 11) is -6.89. The Kier molecular flexibility index (Phi) is 15.9. The van der Waals surface area contributed by atoms with Gasteiger partial charge in [0.15, 0.2) is 0 Å². The number of aliphatic hydroxyl groups is 2. The van der Waals surface area contributed by atoms with Crippen LogP contribution >= 0.6 is 0 Å². The number of hydrogen-bond acceptors (Lipinski definition) is 10. The van der Waals surface area contributed by atoms with Crippen molar-refractivity contribution in [1.82, 2.24) is 4.72 Å². The molecule has 0 aromatic heterocycles. The number of anilines is 3. The van der Waals surface area contributed by atoms with Gasteiger partial charge in [0.05, 0.1) is 36.6 Å². The standard InChI is InChI=1S/C30H49N5O7S2/c1-4-6-7-8-9-10-21-44(41,42)33-26-11-14-30(38)25(22-26)24-31-28-13-12-27(23-29(28)35(17-19-36)18-20-37)34(5-2)16-15-32-43(3,39)40/h11-14,22-24,32-33,36-38H,4-10,15-21H2,1-3H3. The number of aliphatic hydroxyl groups excluding tert-OH is 2. The van der Waals surface area contributed by atoms with Gasteiger partial charge in [0.1, 0.15) is 5.75 Å². The number of aliphatic imine (C=N–C) groups is 1. The van der Waals surface area contributed by atoms with Gasteiger partial charge in [0.2, 0.25) is 20.0 Å². The molecule has 0 saturated heterocycles. The number of phenols is 1. The largest absolute Gasteiger partial charge is 0.507 e. The van der Waals surface area contributed by atoms with Crippen molar-refractivity contribution in [2.24, 2.45) is 4.99 Å². The molecule has 0 radical (unpaired) electrons. The van der Waals surface area contributed by atoms with Crippen LogP contribution in [0.2, 0.25) is 0 Å². The maximum Gasteiger partial charge on any atom is 0.232 e. The molecular formula is C30H49N5O7S2. The smallest absolute Gasteiger partial charge is 0.232 e. The Morgan fingerprint density at radius 1 is 0.864 bits per heavy atom. The first kappa shape index (κ1) is 37.3. The van der Waals surface area contributed by atoms with Crippen molar-refractivity contribution >= 4 is 49.0 Å². The lowest BCUT2D eigenvalue weighted by atomic mass is 10.1. The molecule has 0 aliphatic rings. The highest BCUT2D eigenvalue weighted by molar-refractivity contribution is 7.92. The first-order valence-corrected chi connectivity index (χ1v) is 18.6. The Balaban J connectivity index is 2.31. The fourth-order valence-electron chi connectivity index (χ4n) is 4.66. The predicted molar refractivity (Wildman–Crippen MR) is 180 cm³/mol. The summed E-state index contributed by atoms with van der Waals surface area (Å²) in [4.78, 5) is 8.36. The van der Waals surface area contributed by atoms with Gasteiger partial charge in [-0.25, -0.2) is 21.6 Å². The van der Waals surface area contributed by atoms with Gasteiger partial charge in [-0.15, -0.1) is 0 Å². The Hall–Kier alpha value is -2.91. The van der Waals surface area contributed by atoms with Crippen LogP contribution in [0.4, 0.5) is 22.7 Å². The molecule has 2 rings (SSSR count). The summed E-state index contributed by atoms with van der Waals surface area (Å²) in [6, 6.07) is 9.87. The Morgan fingerprint density at radius 2 is 1.55 bits per heavy atom. The molecule has 12 nitrogen and oxygen atoms in total. The zero-order chi connectivity index (χ0) is 32.6. The second-order valence-electron chi connectivity index (χ2n) is 10.6. The van der Waals surface area contributed by atoms with Gasteiger partial charge in [0, 0.05) is 55.9 Å². The summed E-state index contributed by atoms with van der Waals surface area (Å²) in [6.07, 6.45) is 8.37. The number of likely N-dealkylation sites (N-methyl/N-ethyl adjacent to an activating group) is 1. The maximum absolute atomic E-state index is 12.6. The van der Waals surface area contributed by atoms with E-state index in [9.17, 15) is 32.2 Å². The molecule has 0 atom stereocenters. The molecule has 44 heavy (non-hydrogen) atoms. The molecule has 0 unspecified atom stereocenters. The first-order chi connectivity index (χ1) is 20.9. The van der Waals surface area contributed by atoms with Crippen LogP contribution in [0.25, 0.3) is 0 Å². The predicted octanol–water partition coefficient (Wildman–Crippen LogP) is 3.41. The second-order valence-corrected chi connectivity index (χ2v) is 14.2. The number of nitrogens with one attached hydrogen (secondary N) is 2. The molecule has 0 heterocycles. The molecule has 0 aliphatic carbocycles. The molecule has 0 aliphatic heterocycles. The minimum absolute atomic E-state index is 0.0176. The van der Waals surface area contributed by atoms with Gasteiger partial charge < -0.3 is 25.1 Å². The van der Waals surface area contributed by atoms with Crippen molar-refractivity contribution in [3.8, 4) is 5.75 Å². The Bertz CT molecular complexity index is 1400. The number of hydrogen-bond donors (Lipinski definition) is 5. The molecule has 0 spiro atoms. The minimum atomic E-state index is -3.56. The average molecular weight is 656 g/mol. The summed E-state index contributed by atoms with van der Waals surface area (Å²) < 4.78 is 53.4. The third-order valence-electron chi connectivity index (χ3n) is 6.94. The normalized spacial score (nSPS) is 12.1. The Labute approximate surface area is 262 Å². The SMILES string of the molecule is CCCCCCCCS(=O)(=O)Nc1ccc(O)c(C=Nc2ccc(N(CC)CCNS(C)(=O)=O)cc2N(CCO)CCO)c1. The molecule has 0 fully saturated rings. The molecule has 248 valence electrons. The molecule has 2 aromatic carbocycles. The fourth-order valence-corrected chi connectivity index (χ4v) is 6.30. The van der Waals surface area contributed by atoms with E-state index in [1.165, 1.54) is 24.4 Å². The van der Waals surface area contributed by atoms with Gasteiger partial charge in [0.25, 0.3) is 0 Å². The van der Waals surface area contributed by atoms with Crippen molar-refractivity contribution in [2.75, 3.05) is 72.5 Å². The van der Waals surface area contributed by atoms with Crippen molar-refractivity contribution in [3.63, 3.8) is 0 Å². The third-order valence-corrected chi connectivity index (χ3v) is 9.04. The van der Waals surface area contributed by atoms with Crippen LogP contribution in [0, 0.1) is 0 Å². The maximum atomic E-state index is 12.6. The topological polar surface area (TPSA) is 172 Å². The highest BCUT2D eigenvalue weighted by Crippen LogP contribution is 2.34. The summed E-state index contributed by atoms with van der Waals surface area (Å²) in [5, 5.41) is 29.8. The van der Waals surface area contributed by atoms with Gasteiger partial charge in [-0.3, -0.25) is 9.71 Å². The van der Waals surface area contributed by atoms with Crippen LogP contribution in [0.15, 0.2) is 41.4 Å². The molecule has 0 bridgehead atoms. The summed E-state index contributed by atoms with van der Waals surface area (Å²) in [5.41, 5.74) is 2.52. The average Bonchev–Trinajstić information content (AvgIpc) is 2.96. The van der Waals surface area contributed by atoms with Gasteiger partial charge >= 0.3 is 0 Å². The number of sulfonamides is 2. The van der Waals surface area contributed by atoms with E-state index in [1.54, 1.807) is 11.0 Å². The molecule has 0 saturated carbocycles. The monoisotopic (exact) mass is 655 g/mol. The first-order valence-electron chi connectivity index (χ1n) is 15.1. The summed E-state index contributed by atoms with van der Waals surface area (Å²) in [5.74, 6) is -0.0621. The van der Waals surface area contributed by atoms with Crippen LogP contribution in [0.3, 0.4) is 0 Å². The van der Waals surface area contributed by atoms with Crippen molar-refractivity contribution in [2.45, 2.75) is 52.4 Å². The Morgan fingerprint density at radius 3 is 2.18 bits per heavy atom. The van der Waals surface area contributed by atoms with E-state index < -0.39 is 20.0 Å². The zero-order valence-corrected chi connectivity index (χ0v) is 27.7. The molecule has 0 amide bonds. The number of phenolic OH excluding ortho intramolecular Hbond substituents is 1. The van der Waals surface area contributed by atoms with Crippen molar-refractivity contribution in [3.05, 3.63) is 42.0 Å². The number of rotatable bonds is 22. The second kappa shape index (κ2) is 18.8. The van der Waals surface area contributed by atoms with E-state index in [0.29, 0.717) is 42.1 Å². The highest BCUT2D eigenvalue weighted by Gasteiger charge is 2.16. The number of unbranched alkanes of at least 4 members (excludes halogenated alkanes) is 5. The fraction of sp³-hybridized carbons (Fsp3) is 0.567. The van der Waals surface area contributed by atoms with E-state index >= 15 is 0 Å². The van der Waals surface area contributed by atoms with Crippen molar-refractivity contribution in [1.29, 1.82) is 0 Å². The zero-order valence-electron chi connectivity index (χ0n) is 26.1. The van der Waals surface area contributed by atoms with Crippen LogP contribution in [0.1, 0.15) is 57.9 Å². The van der Waals surface area contributed by atoms with E-state index in [4.69, 9.17) is 0 Å². The van der Waals surface area contributed by atoms with Crippen LogP contribution in [-0.4, -0.2) is 96.3 Å². The lowest BCUT2D eigenvalue weighted by Crippen LogP contribution is -2.34. The van der Waals surface area contributed by atoms with E-state index in [2.05, 4.69) is 21.4 Å². The molecule has 5 N–H and O–H groups in total. The molecule has 2 aromatic rings. The van der Waals surface area contributed by atoms with Gasteiger partial charge in [-0.2, -0.15) is 0 Å². The van der Waals surface area contributed by atoms with E-state index in [0.717, 1.165) is 44.0 Å². The number of aromatic hydroxyl groups is 1. The minimum Gasteiger partial charge on any atom is -0.507 e. The molecule has 14 heteroatoms. The summed E-state index contributed by atoms with van der Waals surface area (Å²) in [6.45, 7) is 5.46. The number of nitrogens with zero attached hydrogens (tertiary/aromatic N) is 3. The molecular weight excluding hydrogens is 606 g/mol. The van der Waals surface area contributed by atoms with Gasteiger partial charge in [-0.05, 0) is 49.7 Å². The van der Waals surface area contributed by atoms with E-state index in [-0.39, 0.29) is 44.4 Å². The van der Waals surface area contributed by atoms with E-state index in [1.807, 2.05) is 24.0 Å². The van der Waals surface area contributed by atoms with Crippen molar-refractivity contribution < 1.29 is 32.2 Å². The van der Waals surface area contributed by atoms with Crippen LogP contribution < -0.4 is 19.2 Å². The number of benzene rings is 2. The lowest BCUT2D eigenvalue weighted by Gasteiger charge is -2.28. The highest BCUT2D eigenvalue weighted by atomic mass is 32.2. The van der Waals surface area contributed by atoms with Crippen LogP contribution in [-0.2, 0) is 20.0 Å². The quantitative estimate of drug-likeness (QED) is 0.0724.